The number of nitrogens with zero attached hydrogens (tertiary/aromatic N) is 3. The van der Waals surface area contributed by atoms with E-state index in [1.807, 2.05) is 17.0 Å². The molecule has 214 valence electrons. The van der Waals surface area contributed by atoms with E-state index in [0.29, 0.717) is 65.8 Å². The van der Waals surface area contributed by atoms with Crippen LogP contribution in [0, 0.1) is 11.7 Å². The third-order valence-electron chi connectivity index (χ3n) is 6.54. The van der Waals surface area contributed by atoms with Crippen molar-refractivity contribution in [1.29, 1.82) is 0 Å². The van der Waals surface area contributed by atoms with Crippen molar-refractivity contribution in [2.45, 2.75) is 32.7 Å². The summed E-state index contributed by atoms with van der Waals surface area (Å²) < 4.78 is 25.9. The van der Waals surface area contributed by atoms with Gasteiger partial charge < -0.3 is 35.8 Å². The van der Waals surface area contributed by atoms with Crippen molar-refractivity contribution in [3.63, 3.8) is 0 Å². The topological polar surface area (TPSA) is 150 Å². The van der Waals surface area contributed by atoms with Gasteiger partial charge in [-0.2, -0.15) is 5.10 Å². The molecular weight excluding hydrogens is 517 g/mol. The average Bonchev–Trinajstić information content (AvgIpc) is 3.36. The number of amidine groups is 1. The van der Waals surface area contributed by atoms with Gasteiger partial charge in [-0.3, -0.25) is 9.89 Å². The third kappa shape index (κ3) is 7.07. The van der Waals surface area contributed by atoms with Crippen molar-refractivity contribution < 1.29 is 23.8 Å². The second-order valence-electron chi connectivity index (χ2n) is 9.81. The summed E-state index contributed by atoms with van der Waals surface area (Å²) in [6.07, 6.45) is 0.746. The first kappa shape index (κ1) is 28.8. The smallest absolute Gasteiger partial charge is 0.223 e. The van der Waals surface area contributed by atoms with Crippen LogP contribution < -0.4 is 30.7 Å². The number of hydrogen-bond donors (Lipinski definition) is 5. The number of nitrogens with one attached hydrogen (secondary N) is 3. The van der Waals surface area contributed by atoms with E-state index in [9.17, 15) is 14.3 Å². The number of hydrogen-bond acceptors (Lipinski definition) is 8. The summed E-state index contributed by atoms with van der Waals surface area (Å²) >= 11 is 0. The molecule has 0 fully saturated rings. The average molecular weight is 554 g/mol. The summed E-state index contributed by atoms with van der Waals surface area (Å²) in [5.74, 6) is 1.40. The van der Waals surface area contributed by atoms with E-state index in [0.717, 1.165) is 12.1 Å². The number of anilines is 2. The van der Waals surface area contributed by atoms with Crippen LogP contribution in [0.3, 0.4) is 0 Å². The van der Waals surface area contributed by atoms with Crippen LogP contribution in [0.4, 0.5) is 21.6 Å². The van der Waals surface area contributed by atoms with Gasteiger partial charge in [-0.25, -0.2) is 9.38 Å². The molecule has 0 spiro atoms. The number of carbonyl (C=O) groups is 1. The minimum absolute atomic E-state index is 0.00573. The number of aromatic nitrogens is 2. The van der Waals surface area contributed by atoms with Gasteiger partial charge in [-0.15, -0.1) is 0 Å². The van der Waals surface area contributed by atoms with Gasteiger partial charge in [-0.05, 0) is 43.1 Å². The number of fused-ring (bicyclic) bond motifs is 1. The molecule has 0 saturated heterocycles. The van der Waals surface area contributed by atoms with Crippen LogP contribution in [-0.2, 0) is 11.2 Å². The third-order valence-corrected chi connectivity index (χ3v) is 6.54. The molecule has 3 aromatic rings. The Morgan fingerprint density at radius 2 is 2.10 bits per heavy atom. The quantitative estimate of drug-likeness (QED) is 0.203. The maximum atomic E-state index is 14.1. The number of H-pyrrole nitrogens is 1. The monoisotopic (exact) mass is 553 g/mol. The molecule has 40 heavy (non-hydrogen) atoms. The molecule has 1 aromatic heterocycles. The first-order valence-electron chi connectivity index (χ1n) is 13.2. The van der Waals surface area contributed by atoms with Crippen LogP contribution in [0.15, 0.2) is 47.5 Å². The Morgan fingerprint density at radius 3 is 2.80 bits per heavy atom. The number of amides is 1. The molecule has 1 atom stereocenters. The summed E-state index contributed by atoms with van der Waals surface area (Å²) in [4.78, 5) is 17.9. The van der Waals surface area contributed by atoms with E-state index in [1.54, 1.807) is 25.3 Å². The van der Waals surface area contributed by atoms with Gasteiger partial charge >= 0.3 is 0 Å². The molecule has 6 N–H and O–H groups in total. The summed E-state index contributed by atoms with van der Waals surface area (Å²) in [7, 11) is 1.56. The molecule has 0 saturated carbocycles. The Kier molecular flexibility index (Phi) is 9.56. The normalized spacial score (nSPS) is 14.7. The van der Waals surface area contributed by atoms with E-state index >= 15 is 0 Å². The zero-order chi connectivity index (χ0) is 28.6. The van der Waals surface area contributed by atoms with Gasteiger partial charge in [0.05, 0.1) is 39.1 Å². The van der Waals surface area contributed by atoms with E-state index in [-0.39, 0.29) is 24.9 Å². The molecule has 0 aliphatic carbocycles. The maximum absolute atomic E-state index is 14.1. The van der Waals surface area contributed by atoms with E-state index in [2.05, 4.69) is 34.7 Å². The fraction of sp³-hybridized carbons (Fsp3) is 0.393. The standard InChI is InChI=1S/C28H36FN7O4/c1-17(2)23(15-37)31-8-5-9-40-25-14-22-21(13-24(25)39-3)28(33-27-12-19(34-35-27)11-26(30)38)36(16-32-22)20-7-4-6-18(29)10-20/h4,6-7,10,12-14,17,23,31-32,37H,5,8-9,11,15-16H2,1-3H3,(H2,30,38)(H,34,35). The number of benzene rings is 2. The molecule has 0 radical (unpaired) electrons. The Hall–Kier alpha value is -4.16. The van der Waals surface area contributed by atoms with E-state index in [1.165, 1.54) is 12.1 Å². The number of nitrogens with two attached hydrogens (primary N) is 1. The number of methoxy groups -OCH3 is 1. The van der Waals surface area contributed by atoms with E-state index < -0.39 is 5.91 Å². The van der Waals surface area contributed by atoms with Crippen LogP contribution in [0.1, 0.15) is 31.5 Å². The highest BCUT2D eigenvalue weighted by atomic mass is 19.1. The molecule has 12 heteroatoms. The number of aliphatic hydroxyl groups excluding tert-OH is 1. The number of halogens is 1. The SMILES string of the molecule is COc1cc2c(cc1OCCCNC(CO)C(C)C)NCN(c1cccc(F)c1)C2=Nc1cc(CC(N)=O)[nH]n1. The molecule has 2 heterocycles. The van der Waals surface area contributed by atoms with Crippen molar-refractivity contribution in [2.24, 2.45) is 16.6 Å². The summed E-state index contributed by atoms with van der Waals surface area (Å²) in [6, 6.07) is 11.6. The molecule has 2 aromatic carbocycles. The lowest BCUT2D eigenvalue weighted by Gasteiger charge is -2.33. The highest BCUT2D eigenvalue weighted by Crippen LogP contribution is 2.38. The molecular formula is C28H36FN7O4. The van der Waals surface area contributed by atoms with Crippen molar-refractivity contribution in [2.75, 3.05) is 43.8 Å². The zero-order valence-corrected chi connectivity index (χ0v) is 22.9. The Morgan fingerprint density at radius 1 is 1.27 bits per heavy atom. The molecule has 0 bridgehead atoms. The number of aromatic amines is 1. The molecule has 4 rings (SSSR count). The highest BCUT2D eigenvalue weighted by molar-refractivity contribution is 6.16. The zero-order valence-electron chi connectivity index (χ0n) is 22.9. The van der Waals surface area contributed by atoms with Crippen LogP contribution >= 0.6 is 0 Å². The second-order valence-corrected chi connectivity index (χ2v) is 9.81. The first-order chi connectivity index (χ1) is 19.3. The Balaban J connectivity index is 1.61. The molecule has 1 unspecified atom stereocenters. The van der Waals surface area contributed by atoms with Crippen LogP contribution in [-0.4, -0.2) is 66.6 Å². The molecule has 1 aliphatic rings. The largest absolute Gasteiger partial charge is 0.493 e. The molecule has 1 aliphatic heterocycles. The van der Waals surface area contributed by atoms with Crippen molar-refractivity contribution in [1.82, 2.24) is 15.5 Å². The summed E-state index contributed by atoms with van der Waals surface area (Å²) in [6.45, 7) is 5.68. The number of primary amides is 1. The lowest BCUT2D eigenvalue weighted by Crippen LogP contribution is -2.40. The number of aliphatic imine (C=N–C) groups is 1. The van der Waals surface area contributed by atoms with Gasteiger partial charge in [0.1, 0.15) is 11.7 Å². The predicted molar refractivity (Wildman–Crippen MR) is 152 cm³/mol. The van der Waals surface area contributed by atoms with Crippen molar-refractivity contribution in [3.8, 4) is 11.5 Å². The van der Waals surface area contributed by atoms with E-state index in [4.69, 9.17) is 20.2 Å². The lowest BCUT2D eigenvalue weighted by molar-refractivity contribution is -0.117. The Labute approximate surface area is 232 Å². The van der Waals surface area contributed by atoms with Crippen LogP contribution in [0.5, 0.6) is 11.5 Å². The van der Waals surface area contributed by atoms with Gasteiger partial charge in [0, 0.05) is 35.1 Å². The fourth-order valence-corrected chi connectivity index (χ4v) is 4.37. The van der Waals surface area contributed by atoms with Gasteiger partial charge in [0.25, 0.3) is 0 Å². The summed E-state index contributed by atoms with van der Waals surface area (Å²) in [5, 5.41) is 23.2. The van der Waals surface area contributed by atoms with Gasteiger partial charge in [0.2, 0.25) is 5.91 Å². The second kappa shape index (κ2) is 13.3. The molecule has 11 nitrogen and oxygen atoms in total. The Bertz CT molecular complexity index is 1340. The minimum Gasteiger partial charge on any atom is -0.493 e. The number of rotatable bonds is 13. The van der Waals surface area contributed by atoms with Crippen molar-refractivity contribution in [3.05, 3.63) is 59.5 Å². The lowest BCUT2D eigenvalue weighted by atomic mass is 10.1. The minimum atomic E-state index is -0.488. The van der Waals surface area contributed by atoms with Crippen LogP contribution in [0.2, 0.25) is 0 Å². The molecule has 1 amide bonds. The number of carbonyl (C=O) groups excluding carboxylic acids is 1. The number of aliphatic hydroxyl groups is 1. The fourth-order valence-electron chi connectivity index (χ4n) is 4.37. The van der Waals surface area contributed by atoms with Gasteiger partial charge in [-0.1, -0.05) is 19.9 Å². The van der Waals surface area contributed by atoms with Crippen LogP contribution in [0.25, 0.3) is 0 Å². The maximum Gasteiger partial charge on any atom is 0.223 e. The van der Waals surface area contributed by atoms with Gasteiger partial charge in [0.15, 0.2) is 17.3 Å². The highest BCUT2D eigenvalue weighted by Gasteiger charge is 2.27. The predicted octanol–water partition coefficient (Wildman–Crippen LogP) is 2.93. The summed E-state index contributed by atoms with van der Waals surface area (Å²) in [5.41, 5.74) is 7.90. The number of ether oxygens (including phenoxy) is 2. The first-order valence-corrected chi connectivity index (χ1v) is 13.2. The van der Waals surface area contributed by atoms with Crippen molar-refractivity contribution >= 4 is 28.9 Å².